The molecular formula is C8H18N2O. The number of nitrogens with zero attached hydrogens (tertiary/aromatic N) is 1. The lowest BCUT2D eigenvalue weighted by molar-refractivity contribution is 0.313. The molecule has 66 valence electrons. The predicted octanol–water partition coefficient (Wildman–Crippen LogP) is 1.61. The van der Waals surface area contributed by atoms with Crippen molar-refractivity contribution in [3.63, 3.8) is 0 Å². The minimum Gasteiger partial charge on any atom is -0.411 e. The van der Waals surface area contributed by atoms with Crippen molar-refractivity contribution < 1.29 is 5.21 Å². The molecule has 0 rings (SSSR count). The molecule has 0 radical (unpaired) electrons. The van der Waals surface area contributed by atoms with E-state index in [1.54, 1.807) is 0 Å². The predicted molar refractivity (Wildman–Crippen MR) is 47.2 cm³/mol. The van der Waals surface area contributed by atoms with Crippen LogP contribution in [0, 0.1) is 0 Å². The zero-order valence-corrected chi connectivity index (χ0v) is 7.76. The average molecular weight is 158 g/mol. The van der Waals surface area contributed by atoms with Gasteiger partial charge in [-0.3, -0.25) is 0 Å². The summed E-state index contributed by atoms with van der Waals surface area (Å²) in [6, 6.07) is 0.447. The monoisotopic (exact) mass is 158 g/mol. The fourth-order valence-corrected chi connectivity index (χ4v) is 0.919. The van der Waals surface area contributed by atoms with Gasteiger partial charge in [-0.1, -0.05) is 6.92 Å². The zero-order valence-electron chi connectivity index (χ0n) is 7.76. The zero-order chi connectivity index (χ0) is 8.91. The number of hydrogen-bond donors (Lipinski definition) is 2. The van der Waals surface area contributed by atoms with Crippen LogP contribution in [0.5, 0.6) is 0 Å². The summed E-state index contributed by atoms with van der Waals surface area (Å²) in [5.41, 5.74) is -0.218. The topological polar surface area (TPSA) is 44.6 Å². The van der Waals surface area contributed by atoms with Gasteiger partial charge in [0.1, 0.15) is 0 Å². The lowest BCUT2D eigenvalue weighted by atomic mass is 10.1. The normalized spacial score (nSPS) is 15.6. The molecule has 11 heavy (non-hydrogen) atoms. The summed E-state index contributed by atoms with van der Waals surface area (Å²) in [4.78, 5) is 0. The summed E-state index contributed by atoms with van der Waals surface area (Å²) in [6.45, 7) is 8.16. The number of hydrogen-bond acceptors (Lipinski definition) is 3. The first-order valence-corrected chi connectivity index (χ1v) is 3.98. The van der Waals surface area contributed by atoms with Crippen molar-refractivity contribution in [3.05, 3.63) is 0 Å². The molecule has 0 heterocycles. The summed E-state index contributed by atoms with van der Waals surface area (Å²) in [6.07, 6.45) is 2.57. The van der Waals surface area contributed by atoms with Crippen LogP contribution in [-0.2, 0) is 0 Å². The first-order chi connectivity index (χ1) is 5.02. The van der Waals surface area contributed by atoms with E-state index in [-0.39, 0.29) is 5.54 Å². The molecule has 0 aromatic carbocycles. The standard InChI is InChI=1S/C8H18N2O/c1-5-7(2)10-8(3,4)6-9-11/h6-7,10-11H,5H2,1-4H3. The third-order valence-corrected chi connectivity index (χ3v) is 1.61. The minimum atomic E-state index is -0.218. The van der Waals surface area contributed by atoms with Gasteiger partial charge >= 0.3 is 0 Å². The molecule has 0 spiro atoms. The highest BCUT2D eigenvalue weighted by atomic mass is 16.4. The van der Waals surface area contributed by atoms with Crippen LogP contribution >= 0.6 is 0 Å². The van der Waals surface area contributed by atoms with Crippen LogP contribution in [0.15, 0.2) is 5.16 Å². The van der Waals surface area contributed by atoms with E-state index in [1.807, 2.05) is 13.8 Å². The Labute approximate surface area is 68.5 Å². The second-order valence-corrected chi connectivity index (χ2v) is 3.42. The van der Waals surface area contributed by atoms with E-state index in [0.29, 0.717) is 6.04 Å². The maximum Gasteiger partial charge on any atom is 0.0631 e. The third kappa shape index (κ3) is 4.79. The largest absolute Gasteiger partial charge is 0.411 e. The highest BCUT2D eigenvalue weighted by Crippen LogP contribution is 2.01. The molecular weight excluding hydrogens is 140 g/mol. The van der Waals surface area contributed by atoms with Gasteiger partial charge in [-0.15, -0.1) is 5.16 Å². The highest BCUT2D eigenvalue weighted by molar-refractivity contribution is 5.68. The van der Waals surface area contributed by atoms with E-state index in [4.69, 9.17) is 5.21 Å². The lowest BCUT2D eigenvalue weighted by Gasteiger charge is -2.24. The van der Waals surface area contributed by atoms with E-state index in [9.17, 15) is 0 Å². The molecule has 1 atom stereocenters. The van der Waals surface area contributed by atoms with E-state index >= 15 is 0 Å². The van der Waals surface area contributed by atoms with Crippen molar-refractivity contribution in [1.82, 2.24) is 5.32 Å². The Hall–Kier alpha value is -0.570. The Morgan fingerprint density at radius 3 is 2.55 bits per heavy atom. The van der Waals surface area contributed by atoms with Gasteiger partial charge in [-0.2, -0.15) is 0 Å². The number of nitrogens with one attached hydrogen (secondary N) is 1. The second kappa shape index (κ2) is 4.34. The molecule has 0 amide bonds. The first kappa shape index (κ1) is 10.4. The van der Waals surface area contributed by atoms with Crippen molar-refractivity contribution in [2.45, 2.75) is 45.7 Å². The summed E-state index contributed by atoms with van der Waals surface area (Å²) in [7, 11) is 0. The SMILES string of the molecule is CCC(C)NC(C)(C)C=NO. The summed E-state index contributed by atoms with van der Waals surface area (Å²) in [5.74, 6) is 0. The fraction of sp³-hybridized carbons (Fsp3) is 0.875. The molecule has 0 fully saturated rings. The molecule has 0 aliphatic rings. The van der Waals surface area contributed by atoms with Crippen LogP contribution in [0.2, 0.25) is 0 Å². The Balaban J connectivity index is 3.90. The Morgan fingerprint density at radius 1 is 1.64 bits per heavy atom. The van der Waals surface area contributed by atoms with Crippen LogP contribution in [0.3, 0.4) is 0 Å². The summed E-state index contributed by atoms with van der Waals surface area (Å²) < 4.78 is 0. The Bertz CT molecular complexity index is 132. The van der Waals surface area contributed by atoms with E-state index in [0.717, 1.165) is 6.42 Å². The number of rotatable bonds is 4. The van der Waals surface area contributed by atoms with Gasteiger partial charge in [0.25, 0.3) is 0 Å². The third-order valence-electron chi connectivity index (χ3n) is 1.61. The lowest BCUT2D eigenvalue weighted by Crippen LogP contribution is -2.45. The van der Waals surface area contributed by atoms with Gasteiger partial charge in [-0.05, 0) is 27.2 Å². The minimum absolute atomic E-state index is 0.218. The van der Waals surface area contributed by atoms with Crippen LogP contribution in [-0.4, -0.2) is 23.0 Å². The van der Waals surface area contributed by atoms with Crippen LogP contribution in [0.1, 0.15) is 34.1 Å². The van der Waals surface area contributed by atoms with Crippen molar-refractivity contribution in [1.29, 1.82) is 0 Å². The average Bonchev–Trinajstić information content (AvgIpc) is 1.86. The van der Waals surface area contributed by atoms with Gasteiger partial charge in [0.2, 0.25) is 0 Å². The molecule has 0 aromatic heterocycles. The van der Waals surface area contributed by atoms with Gasteiger partial charge in [0.15, 0.2) is 0 Å². The molecule has 0 saturated heterocycles. The molecule has 2 N–H and O–H groups in total. The summed E-state index contributed by atoms with van der Waals surface area (Å²) in [5, 5.41) is 14.6. The molecule has 0 bridgehead atoms. The molecule has 1 unspecified atom stereocenters. The van der Waals surface area contributed by atoms with E-state index in [2.05, 4.69) is 24.3 Å². The maximum absolute atomic E-state index is 8.32. The van der Waals surface area contributed by atoms with Crippen molar-refractivity contribution in [2.75, 3.05) is 0 Å². The smallest absolute Gasteiger partial charge is 0.0631 e. The quantitative estimate of drug-likeness (QED) is 0.371. The van der Waals surface area contributed by atoms with Crippen molar-refractivity contribution in [2.24, 2.45) is 5.16 Å². The van der Waals surface area contributed by atoms with Gasteiger partial charge in [0, 0.05) is 6.04 Å². The molecule has 3 nitrogen and oxygen atoms in total. The van der Waals surface area contributed by atoms with Crippen LogP contribution in [0.4, 0.5) is 0 Å². The highest BCUT2D eigenvalue weighted by Gasteiger charge is 2.16. The van der Waals surface area contributed by atoms with E-state index < -0.39 is 0 Å². The van der Waals surface area contributed by atoms with Gasteiger partial charge < -0.3 is 10.5 Å². The molecule has 0 aliphatic carbocycles. The van der Waals surface area contributed by atoms with Crippen LogP contribution < -0.4 is 5.32 Å². The molecule has 0 saturated carbocycles. The number of oxime groups is 1. The Morgan fingerprint density at radius 2 is 2.18 bits per heavy atom. The summed E-state index contributed by atoms with van der Waals surface area (Å²) >= 11 is 0. The van der Waals surface area contributed by atoms with Gasteiger partial charge in [-0.25, -0.2) is 0 Å². The first-order valence-electron chi connectivity index (χ1n) is 3.98. The van der Waals surface area contributed by atoms with Crippen LogP contribution in [0.25, 0.3) is 0 Å². The second-order valence-electron chi connectivity index (χ2n) is 3.42. The van der Waals surface area contributed by atoms with Gasteiger partial charge in [0.05, 0.1) is 11.8 Å². The fourth-order valence-electron chi connectivity index (χ4n) is 0.919. The van der Waals surface area contributed by atoms with Crippen molar-refractivity contribution >= 4 is 6.21 Å². The molecule has 0 aliphatic heterocycles. The Kier molecular flexibility index (Phi) is 4.11. The van der Waals surface area contributed by atoms with Crippen molar-refractivity contribution in [3.8, 4) is 0 Å². The maximum atomic E-state index is 8.32. The molecule has 0 aromatic rings. The van der Waals surface area contributed by atoms with E-state index in [1.165, 1.54) is 6.21 Å². The molecule has 3 heteroatoms.